The first-order valence-corrected chi connectivity index (χ1v) is 9.58. The molecular weight excluding hydrogens is 374 g/mol. The smallest absolute Gasteiger partial charge is 0.326 e. The van der Waals surface area contributed by atoms with Gasteiger partial charge >= 0.3 is 5.69 Å². The summed E-state index contributed by atoms with van der Waals surface area (Å²) in [5.74, 6) is 0.373. The van der Waals surface area contributed by atoms with Crippen LogP contribution in [0.2, 0.25) is 0 Å². The Labute approximate surface area is 164 Å². The Hall–Kier alpha value is -3.68. The van der Waals surface area contributed by atoms with Gasteiger partial charge < -0.3 is 15.0 Å². The van der Waals surface area contributed by atoms with Crippen molar-refractivity contribution in [3.05, 3.63) is 33.2 Å². The number of piperidine rings is 1. The highest BCUT2D eigenvalue weighted by Gasteiger charge is 2.23. The number of nitrogens with one attached hydrogen (secondary N) is 2. The lowest BCUT2D eigenvalue weighted by molar-refractivity contribution is 0.454. The van der Waals surface area contributed by atoms with Gasteiger partial charge in [0.2, 0.25) is 11.8 Å². The van der Waals surface area contributed by atoms with E-state index in [0.29, 0.717) is 35.5 Å². The molecule has 2 aliphatic rings. The zero-order chi connectivity index (χ0) is 20.0. The van der Waals surface area contributed by atoms with Crippen LogP contribution in [0.3, 0.4) is 0 Å². The third-order valence-corrected chi connectivity index (χ3v) is 5.21. The molecule has 1 aliphatic heterocycles. The SMILES string of the molecule is N#CC1CCN(c2nc(=NC3CC3)n3ncc(=Cc4[nH]c(=O)[nH]c4O)c3n2)CC1. The molecule has 2 fully saturated rings. The molecule has 1 aliphatic carbocycles. The number of anilines is 1. The fourth-order valence-corrected chi connectivity index (χ4v) is 3.42. The number of hydrogen-bond donors (Lipinski definition) is 3. The van der Waals surface area contributed by atoms with Gasteiger partial charge in [-0.25, -0.2) is 9.79 Å². The maximum absolute atomic E-state index is 11.4. The average Bonchev–Trinajstić information content (AvgIpc) is 3.36. The third-order valence-electron chi connectivity index (χ3n) is 5.21. The van der Waals surface area contributed by atoms with Crippen molar-refractivity contribution in [3.63, 3.8) is 0 Å². The van der Waals surface area contributed by atoms with E-state index >= 15 is 0 Å². The molecule has 11 nitrogen and oxygen atoms in total. The summed E-state index contributed by atoms with van der Waals surface area (Å²) >= 11 is 0. The number of imidazole rings is 1. The lowest BCUT2D eigenvalue weighted by Crippen LogP contribution is -2.37. The lowest BCUT2D eigenvalue weighted by Gasteiger charge is -2.28. The number of fused-ring (bicyclic) bond motifs is 1. The molecule has 3 aromatic heterocycles. The van der Waals surface area contributed by atoms with Crippen molar-refractivity contribution < 1.29 is 5.11 Å². The highest BCUT2D eigenvalue weighted by Crippen LogP contribution is 2.23. The summed E-state index contributed by atoms with van der Waals surface area (Å²) in [7, 11) is 0. The van der Waals surface area contributed by atoms with Gasteiger partial charge in [0.05, 0.1) is 18.3 Å². The van der Waals surface area contributed by atoms with Crippen LogP contribution in [0.25, 0.3) is 11.7 Å². The molecule has 11 heteroatoms. The molecule has 0 spiro atoms. The van der Waals surface area contributed by atoms with Crippen molar-refractivity contribution in [2.45, 2.75) is 31.7 Å². The monoisotopic (exact) mass is 393 g/mol. The van der Waals surface area contributed by atoms with Crippen molar-refractivity contribution >= 4 is 17.7 Å². The van der Waals surface area contributed by atoms with Crippen LogP contribution in [-0.4, -0.2) is 53.8 Å². The van der Waals surface area contributed by atoms with E-state index in [1.807, 2.05) is 0 Å². The number of nitrogens with zero attached hydrogens (tertiary/aromatic N) is 7. The second kappa shape index (κ2) is 6.73. The van der Waals surface area contributed by atoms with E-state index in [1.165, 1.54) is 0 Å². The van der Waals surface area contributed by atoms with Gasteiger partial charge in [0.25, 0.3) is 5.62 Å². The van der Waals surface area contributed by atoms with Crippen LogP contribution in [0.15, 0.2) is 16.0 Å². The molecule has 0 unspecified atom stereocenters. The van der Waals surface area contributed by atoms with Crippen LogP contribution in [0.4, 0.5) is 5.95 Å². The molecule has 1 saturated heterocycles. The van der Waals surface area contributed by atoms with E-state index in [2.05, 4.69) is 41.0 Å². The average molecular weight is 393 g/mol. The minimum absolute atomic E-state index is 0.0675. The van der Waals surface area contributed by atoms with Crippen LogP contribution < -0.4 is 21.4 Å². The topological polar surface area (TPSA) is 151 Å². The number of nitriles is 1. The Morgan fingerprint density at radius 3 is 2.69 bits per heavy atom. The Balaban J connectivity index is 1.65. The van der Waals surface area contributed by atoms with Crippen molar-refractivity contribution in [2.75, 3.05) is 18.0 Å². The number of hydrogen-bond acceptors (Lipinski definition) is 8. The normalized spacial score (nSPS) is 19.2. The molecule has 3 aromatic rings. The first kappa shape index (κ1) is 17.4. The second-order valence-electron chi connectivity index (χ2n) is 7.40. The summed E-state index contributed by atoms with van der Waals surface area (Å²) in [5, 5.41) is 24.0. The van der Waals surface area contributed by atoms with Crippen LogP contribution in [0.5, 0.6) is 5.88 Å². The van der Waals surface area contributed by atoms with E-state index in [1.54, 1.807) is 16.8 Å². The van der Waals surface area contributed by atoms with Gasteiger partial charge in [-0.15, -0.1) is 0 Å². The molecule has 3 N–H and O–H groups in total. The Morgan fingerprint density at radius 2 is 2.03 bits per heavy atom. The largest absolute Gasteiger partial charge is 0.493 e. The summed E-state index contributed by atoms with van der Waals surface area (Å²) in [4.78, 5) is 32.3. The number of aromatic hydroxyl groups is 1. The van der Waals surface area contributed by atoms with E-state index in [9.17, 15) is 9.90 Å². The maximum atomic E-state index is 11.4. The fraction of sp³-hybridized carbons (Fsp3) is 0.444. The van der Waals surface area contributed by atoms with Gasteiger partial charge in [-0.3, -0.25) is 4.98 Å². The molecule has 148 valence electrons. The Bertz CT molecular complexity index is 1280. The van der Waals surface area contributed by atoms with Gasteiger partial charge in [-0.05, 0) is 31.8 Å². The zero-order valence-electron chi connectivity index (χ0n) is 15.5. The Morgan fingerprint density at radius 1 is 1.24 bits per heavy atom. The first-order chi connectivity index (χ1) is 14.1. The minimum atomic E-state index is -0.495. The van der Waals surface area contributed by atoms with E-state index in [-0.39, 0.29) is 23.5 Å². The molecule has 1 saturated carbocycles. The molecule has 0 amide bonds. The summed E-state index contributed by atoms with van der Waals surface area (Å²) < 4.78 is 1.58. The summed E-state index contributed by atoms with van der Waals surface area (Å²) in [5.41, 5.74) is 0.783. The molecule has 4 heterocycles. The van der Waals surface area contributed by atoms with Crippen LogP contribution in [0, 0.1) is 17.2 Å². The highest BCUT2D eigenvalue weighted by atomic mass is 16.3. The number of rotatable bonds is 3. The minimum Gasteiger partial charge on any atom is -0.493 e. The molecule has 0 atom stereocenters. The quantitative estimate of drug-likeness (QED) is 0.527. The first-order valence-electron chi connectivity index (χ1n) is 9.58. The maximum Gasteiger partial charge on any atom is 0.326 e. The van der Waals surface area contributed by atoms with E-state index in [0.717, 1.165) is 25.7 Å². The van der Waals surface area contributed by atoms with Gasteiger partial charge in [-0.2, -0.15) is 24.8 Å². The van der Waals surface area contributed by atoms with Gasteiger partial charge in [0, 0.05) is 24.2 Å². The summed E-state index contributed by atoms with van der Waals surface area (Å²) in [6.45, 7) is 1.41. The van der Waals surface area contributed by atoms with Crippen molar-refractivity contribution in [3.8, 4) is 11.9 Å². The molecule has 29 heavy (non-hydrogen) atoms. The summed E-state index contributed by atoms with van der Waals surface area (Å²) in [6.07, 6.45) is 6.83. The van der Waals surface area contributed by atoms with Gasteiger partial charge in [0.1, 0.15) is 5.69 Å². The van der Waals surface area contributed by atoms with Crippen molar-refractivity contribution in [1.29, 1.82) is 5.26 Å². The predicted octanol–water partition coefficient (Wildman–Crippen LogP) is -0.803. The van der Waals surface area contributed by atoms with Crippen LogP contribution >= 0.6 is 0 Å². The zero-order valence-corrected chi connectivity index (χ0v) is 15.5. The number of H-pyrrole nitrogens is 2. The van der Waals surface area contributed by atoms with Crippen LogP contribution in [-0.2, 0) is 0 Å². The molecular formula is C18H19N9O2. The lowest BCUT2D eigenvalue weighted by atomic mass is 9.99. The molecule has 0 bridgehead atoms. The van der Waals surface area contributed by atoms with Gasteiger partial charge in [-0.1, -0.05) is 0 Å². The summed E-state index contributed by atoms with van der Waals surface area (Å²) in [6, 6.07) is 2.59. The van der Waals surface area contributed by atoms with Crippen molar-refractivity contribution in [1.82, 2.24) is 29.5 Å². The van der Waals surface area contributed by atoms with Crippen molar-refractivity contribution in [2.24, 2.45) is 10.9 Å². The third kappa shape index (κ3) is 3.33. The van der Waals surface area contributed by atoms with Crippen LogP contribution in [0.1, 0.15) is 31.4 Å². The molecule has 5 rings (SSSR count). The molecule has 0 radical (unpaired) electrons. The molecule has 0 aromatic carbocycles. The van der Waals surface area contributed by atoms with Gasteiger partial charge in [0.15, 0.2) is 5.65 Å². The Kier molecular flexibility index (Phi) is 4.04. The standard InChI is InChI=1S/C18H19N9O2/c19-8-10-3-5-26(6-4-10)16-23-14-11(7-13-15(28)24-18(29)22-13)9-20-27(14)17(25-16)21-12-1-2-12/h7,9-10,12,28H,1-6H2,(H2,22,24,29). The highest BCUT2D eigenvalue weighted by molar-refractivity contribution is 5.57. The van der Waals surface area contributed by atoms with E-state index < -0.39 is 5.69 Å². The number of aromatic nitrogens is 6. The predicted molar refractivity (Wildman–Crippen MR) is 102 cm³/mol. The fourth-order valence-electron chi connectivity index (χ4n) is 3.42. The second-order valence-corrected chi connectivity index (χ2v) is 7.40. The van der Waals surface area contributed by atoms with E-state index in [4.69, 9.17) is 5.26 Å². The number of aromatic amines is 2.